The number of aromatic nitrogens is 3. The molecule has 0 aliphatic rings. The second kappa shape index (κ2) is 7.71. The predicted octanol–water partition coefficient (Wildman–Crippen LogP) is 3.21. The summed E-state index contributed by atoms with van der Waals surface area (Å²) in [5, 5.41) is 11.1. The smallest absolute Gasteiger partial charge is 0.263 e. The molecule has 0 atom stereocenters. The first-order valence-electron chi connectivity index (χ1n) is 8.43. The summed E-state index contributed by atoms with van der Waals surface area (Å²) in [5.41, 5.74) is 3.28. The molecule has 0 saturated carbocycles. The predicted molar refractivity (Wildman–Crippen MR) is 105 cm³/mol. The Bertz CT molecular complexity index is 1010. The number of anilines is 2. The fourth-order valence-corrected chi connectivity index (χ4v) is 4.40. The Morgan fingerprint density at radius 3 is 2.19 bits per heavy atom. The second-order valence-corrected chi connectivity index (χ2v) is 7.93. The first kappa shape index (κ1) is 18.8. The lowest BCUT2D eigenvalue weighted by Gasteiger charge is -2.13. The van der Waals surface area contributed by atoms with Crippen molar-refractivity contribution in [1.82, 2.24) is 15.2 Å². The highest BCUT2D eigenvalue weighted by atomic mass is 32.2. The molecule has 0 fully saturated rings. The molecule has 0 radical (unpaired) electrons. The lowest BCUT2D eigenvalue weighted by Crippen LogP contribution is -2.17. The third-order valence-electron chi connectivity index (χ3n) is 3.95. The molecule has 0 amide bonds. The van der Waals surface area contributed by atoms with E-state index in [0.717, 1.165) is 11.3 Å². The van der Waals surface area contributed by atoms with Crippen LogP contribution in [0.5, 0.6) is 0 Å². The largest absolute Gasteiger partial charge is 0.363 e. The summed E-state index contributed by atoms with van der Waals surface area (Å²) in [7, 11) is -3.74. The Morgan fingerprint density at radius 2 is 1.59 bits per heavy atom. The van der Waals surface area contributed by atoms with Gasteiger partial charge in [-0.1, -0.05) is 23.8 Å². The molecule has 0 spiro atoms. The highest BCUT2D eigenvalue weighted by Gasteiger charge is 2.20. The van der Waals surface area contributed by atoms with Gasteiger partial charge in [-0.15, -0.1) is 10.2 Å². The molecule has 27 heavy (non-hydrogen) atoms. The van der Waals surface area contributed by atoms with E-state index in [2.05, 4.69) is 25.2 Å². The van der Waals surface area contributed by atoms with E-state index in [-0.39, 0.29) is 10.7 Å². The molecule has 0 aliphatic carbocycles. The first-order valence-corrected chi connectivity index (χ1v) is 9.91. The van der Waals surface area contributed by atoms with Crippen LogP contribution in [0.2, 0.25) is 0 Å². The van der Waals surface area contributed by atoms with Gasteiger partial charge in [0.05, 0.1) is 17.1 Å². The molecule has 0 aliphatic heterocycles. The van der Waals surface area contributed by atoms with E-state index < -0.39 is 10.0 Å². The fourth-order valence-electron chi connectivity index (χ4n) is 2.94. The van der Waals surface area contributed by atoms with E-state index >= 15 is 0 Å². The molecular formula is C19H21N5O2S. The highest BCUT2D eigenvalue weighted by Crippen LogP contribution is 2.23. The van der Waals surface area contributed by atoms with Crippen molar-refractivity contribution in [1.29, 1.82) is 0 Å². The third kappa shape index (κ3) is 4.59. The number of rotatable bonds is 6. The van der Waals surface area contributed by atoms with Gasteiger partial charge in [-0.25, -0.2) is 8.42 Å². The summed E-state index contributed by atoms with van der Waals surface area (Å²) in [4.78, 5) is 4.48. The van der Waals surface area contributed by atoms with Gasteiger partial charge in [0.1, 0.15) is 5.82 Å². The van der Waals surface area contributed by atoms with Gasteiger partial charge in [-0.05, 0) is 56.2 Å². The van der Waals surface area contributed by atoms with Crippen LogP contribution in [0.4, 0.5) is 11.6 Å². The van der Waals surface area contributed by atoms with E-state index in [0.29, 0.717) is 23.5 Å². The molecule has 3 rings (SSSR count). The van der Waals surface area contributed by atoms with Crippen LogP contribution < -0.4 is 10.0 Å². The standard InChI is InChI=1S/C19H21N5O2S/c1-13-10-14(2)19(15(3)11-13)27(25,26)24-18-8-7-17(22-23-18)21-12-16-6-4-5-9-20-16/h4-11H,12H2,1-3H3,(H,21,22)(H,23,24). The molecule has 3 aromatic rings. The van der Waals surface area contributed by atoms with Crippen LogP contribution in [0, 0.1) is 20.8 Å². The maximum absolute atomic E-state index is 12.7. The lowest BCUT2D eigenvalue weighted by atomic mass is 10.1. The molecular weight excluding hydrogens is 362 g/mol. The zero-order valence-corrected chi connectivity index (χ0v) is 16.2. The van der Waals surface area contributed by atoms with Crippen molar-refractivity contribution in [2.45, 2.75) is 32.2 Å². The van der Waals surface area contributed by atoms with Gasteiger partial charge in [0.2, 0.25) is 0 Å². The molecule has 0 unspecified atom stereocenters. The number of hydrogen-bond acceptors (Lipinski definition) is 6. The average molecular weight is 383 g/mol. The van der Waals surface area contributed by atoms with Crippen LogP contribution in [0.3, 0.4) is 0 Å². The van der Waals surface area contributed by atoms with Gasteiger partial charge in [0.15, 0.2) is 5.82 Å². The SMILES string of the molecule is Cc1cc(C)c(S(=O)(=O)Nc2ccc(NCc3ccccn3)nn2)c(C)c1. The minimum atomic E-state index is -3.74. The summed E-state index contributed by atoms with van der Waals surface area (Å²) in [6, 6.07) is 12.6. The zero-order valence-electron chi connectivity index (χ0n) is 15.4. The number of hydrogen-bond donors (Lipinski definition) is 2. The van der Waals surface area contributed by atoms with E-state index in [9.17, 15) is 8.42 Å². The quantitative estimate of drug-likeness (QED) is 0.678. The Morgan fingerprint density at radius 1 is 0.926 bits per heavy atom. The van der Waals surface area contributed by atoms with Gasteiger partial charge in [0.25, 0.3) is 10.0 Å². The number of nitrogens with one attached hydrogen (secondary N) is 2. The van der Waals surface area contributed by atoms with E-state index in [1.54, 1.807) is 32.2 Å². The van der Waals surface area contributed by atoms with Crippen LogP contribution in [-0.4, -0.2) is 23.6 Å². The average Bonchev–Trinajstić information content (AvgIpc) is 2.60. The molecule has 0 saturated heterocycles. The fraction of sp³-hybridized carbons (Fsp3) is 0.211. The number of aryl methyl sites for hydroxylation is 3. The van der Waals surface area contributed by atoms with Crippen LogP contribution in [0.25, 0.3) is 0 Å². The minimum Gasteiger partial charge on any atom is -0.363 e. The molecule has 8 heteroatoms. The van der Waals surface area contributed by atoms with Gasteiger partial charge in [-0.2, -0.15) is 0 Å². The monoisotopic (exact) mass is 383 g/mol. The van der Waals surface area contributed by atoms with E-state index in [4.69, 9.17) is 0 Å². The molecule has 140 valence electrons. The number of sulfonamides is 1. The van der Waals surface area contributed by atoms with Crippen molar-refractivity contribution < 1.29 is 8.42 Å². The summed E-state index contributed by atoms with van der Waals surface area (Å²) >= 11 is 0. The van der Waals surface area contributed by atoms with E-state index in [1.807, 2.05) is 37.3 Å². The summed E-state index contributed by atoms with van der Waals surface area (Å²) < 4.78 is 28.0. The van der Waals surface area contributed by atoms with Gasteiger partial charge < -0.3 is 5.32 Å². The van der Waals surface area contributed by atoms with Crippen molar-refractivity contribution in [3.05, 3.63) is 71.0 Å². The number of nitrogens with zero attached hydrogens (tertiary/aromatic N) is 3. The second-order valence-electron chi connectivity index (χ2n) is 6.31. The Labute approximate surface area is 158 Å². The van der Waals surface area contributed by atoms with Crippen LogP contribution in [0.1, 0.15) is 22.4 Å². The van der Waals surface area contributed by atoms with E-state index in [1.165, 1.54) is 0 Å². The van der Waals surface area contributed by atoms with Gasteiger partial charge in [0, 0.05) is 6.20 Å². The maximum Gasteiger partial charge on any atom is 0.263 e. The van der Waals surface area contributed by atoms with Crippen molar-refractivity contribution >= 4 is 21.7 Å². The number of pyridine rings is 1. The first-order chi connectivity index (χ1) is 12.8. The highest BCUT2D eigenvalue weighted by molar-refractivity contribution is 7.92. The van der Waals surface area contributed by atoms with Crippen LogP contribution >= 0.6 is 0 Å². The Kier molecular flexibility index (Phi) is 5.36. The zero-order chi connectivity index (χ0) is 19.4. The molecule has 2 heterocycles. The summed E-state index contributed by atoms with van der Waals surface area (Å²) in [6.07, 6.45) is 1.72. The summed E-state index contributed by atoms with van der Waals surface area (Å²) in [6.45, 7) is 6.00. The Balaban J connectivity index is 1.72. The van der Waals surface area contributed by atoms with Crippen molar-refractivity contribution in [3.63, 3.8) is 0 Å². The molecule has 1 aromatic carbocycles. The molecule has 7 nitrogen and oxygen atoms in total. The van der Waals surface area contributed by atoms with Gasteiger partial charge in [-0.3, -0.25) is 9.71 Å². The van der Waals surface area contributed by atoms with Crippen LogP contribution in [-0.2, 0) is 16.6 Å². The van der Waals surface area contributed by atoms with Crippen molar-refractivity contribution in [2.24, 2.45) is 0 Å². The minimum absolute atomic E-state index is 0.165. The van der Waals surface area contributed by atoms with Crippen molar-refractivity contribution in [2.75, 3.05) is 10.0 Å². The molecule has 2 N–H and O–H groups in total. The molecule has 0 bridgehead atoms. The van der Waals surface area contributed by atoms with Gasteiger partial charge >= 0.3 is 0 Å². The van der Waals surface area contributed by atoms with Crippen molar-refractivity contribution in [3.8, 4) is 0 Å². The normalized spacial score (nSPS) is 11.2. The van der Waals surface area contributed by atoms with Crippen LogP contribution in [0.15, 0.2) is 53.6 Å². The number of benzene rings is 1. The Hall–Kier alpha value is -3.00. The topological polar surface area (TPSA) is 96.9 Å². The lowest BCUT2D eigenvalue weighted by molar-refractivity contribution is 0.599. The summed E-state index contributed by atoms with van der Waals surface area (Å²) in [5.74, 6) is 0.698. The third-order valence-corrected chi connectivity index (χ3v) is 5.61. The molecule has 2 aromatic heterocycles. The maximum atomic E-state index is 12.7.